The largest absolute Gasteiger partial charge is 0.351 e. The van der Waals surface area contributed by atoms with E-state index in [0.717, 1.165) is 12.2 Å². The van der Waals surface area contributed by atoms with E-state index in [9.17, 15) is 4.79 Å². The van der Waals surface area contributed by atoms with Crippen LogP contribution in [0.3, 0.4) is 0 Å². The molecule has 5 heteroatoms. The lowest BCUT2D eigenvalue weighted by Gasteiger charge is -2.30. The number of amides is 1. The first-order valence-corrected chi connectivity index (χ1v) is 8.00. The van der Waals surface area contributed by atoms with Crippen LogP contribution in [-0.2, 0) is 4.79 Å². The first-order chi connectivity index (χ1) is 8.27. The van der Waals surface area contributed by atoms with E-state index in [1.165, 1.54) is 32.1 Å². The molecule has 1 atom stereocenters. The van der Waals surface area contributed by atoms with Crippen molar-refractivity contribution >= 4 is 30.1 Å². The molecule has 0 saturated heterocycles. The topological polar surface area (TPSA) is 55.1 Å². The van der Waals surface area contributed by atoms with E-state index in [1.807, 2.05) is 0 Å². The van der Waals surface area contributed by atoms with E-state index < -0.39 is 0 Å². The fourth-order valence-corrected chi connectivity index (χ4v) is 3.17. The first kappa shape index (κ1) is 18.1. The highest BCUT2D eigenvalue weighted by atomic mass is 35.5. The lowest BCUT2D eigenvalue weighted by Crippen LogP contribution is -2.46. The maximum Gasteiger partial charge on any atom is 0.230 e. The number of hydrogen-bond donors (Lipinski definition) is 2. The number of nitrogens with two attached hydrogens (primary N) is 1. The molecule has 1 amide bonds. The minimum Gasteiger partial charge on any atom is -0.351 e. The standard InChI is InChI=1S/C13H26N2OS.ClH/c1-2-8-17-10-13(16)15-12(9-14)11-6-4-3-5-7-11;/h11-12H,2-10,14H2,1H3,(H,15,16);1H. The molecule has 1 rings (SSSR count). The van der Waals surface area contributed by atoms with Crippen LogP contribution < -0.4 is 11.1 Å². The molecule has 0 heterocycles. The number of nitrogens with one attached hydrogen (secondary N) is 1. The van der Waals surface area contributed by atoms with E-state index in [2.05, 4.69) is 12.2 Å². The zero-order valence-corrected chi connectivity index (χ0v) is 13.0. The SMILES string of the molecule is CCCSCC(=O)NC(CN)C1CCCCC1.Cl. The average Bonchev–Trinajstić information content (AvgIpc) is 2.37. The Kier molecular flexibility index (Phi) is 11.0. The molecule has 0 aliphatic heterocycles. The zero-order valence-electron chi connectivity index (χ0n) is 11.3. The molecule has 1 aliphatic carbocycles. The van der Waals surface area contributed by atoms with Crippen LogP contribution in [0.5, 0.6) is 0 Å². The smallest absolute Gasteiger partial charge is 0.230 e. The molecular formula is C13H27ClN2OS. The molecule has 1 unspecified atom stereocenters. The van der Waals surface area contributed by atoms with Gasteiger partial charge in [-0.2, -0.15) is 11.8 Å². The van der Waals surface area contributed by atoms with Gasteiger partial charge in [-0.15, -0.1) is 12.4 Å². The Morgan fingerprint density at radius 2 is 2.06 bits per heavy atom. The monoisotopic (exact) mass is 294 g/mol. The normalized spacial score (nSPS) is 17.9. The van der Waals surface area contributed by atoms with Crippen LogP contribution in [0.25, 0.3) is 0 Å². The third-order valence-electron chi connectivity index (χ3n) is 3.40. The summed E-state index contributed by atoms with van der Waals surface area (Å²) < 4.78 is 0. The molecule has 0 aromatic carbocycles. The van der Waals surface area contributed by atoms with Gasteiger partial charge in [-0.05, 0) is 30.9 Å². The summed E-state index contributed by atoms with van der Waals surface area (Å²) in [6.45, 7) is 2.71. The average molecular weight is 295 g/mol. The molecule has 1 fully saturated rings. The third kappa shape index (κ3) is 6.86. The molecule has 3 nitrogen and oxygen atoms in total. The summed E-state index contributed by atoms with van der Waals surface area (Å²) in [5.74, 6) is 2.40. The number of carbonyl (C=O) groups is 1. The van der Waals surface area contributed by atoms with Gasteiger partial charge in [0.1, 0.15) is 0 Å². The number of rotatable bonds is 7. The molecule has 3 N–H and O–H groups in total. The Morgan fingerprint density at radius 3 is 2.61 bits per heavy atom. The summed E-state index contributed by atoms with van der Waals surface area (Å²) in [6.07, 6.45) is 7.51. The second-order valence-corrected chi connectivity index (χ2v) is 5.97. The van der Waals surface area contributed by atoms with Crippen LogP contribution in [0.15, 0.2) is 0 Å². The van der Waals surface area contributed by atoms with Crippen LogP contribution in [-0.4, -0.2) is 30.0 Å². The molecule has 0 aromatic heterocycles. The van der Waals surface area contributed by atoms with Crippen molar-refractivity contribution in [2.24, 2.45) is 11.7 Å². The van der Waals surface area contributed by atoms with Crippen molar-refractivity contribution in [1.29, 1.82) is 0 Å². The molecule has 1 saturated carbocycles. The van der Waals surface area contributed by atoms with Gasteiger partial charge in [0.15, 0.2) is 0 Å². The summed E-state index contributed by atoms with van der Waals surface area (Å²) >= 11 is 1.71. The van der Waals surface area contributed by atoms with Crippen molar-refractivity contribution in [1.82, 2.24) is 5.32 Å². The molecule has 18 heavy (non-hydrogen) atoms. The van der Waals surface area contributed by atoms with Gasteiger partial charge < -0.3 is 11.1 Å². The molecule has 1 aliphatic rings. The van der Waals surface area contributed by atoms with Gasteiger partial charge >= 0.3 is 0 Å². The van der Waals surface area contributed by atoms with Crippen LogP contribution in [0.4, 0.5) is 0 Å². The predicted molar refractivity (Wildman–Crippen MR) is 82.4 cm³/mol. The summed E-state index contributed by atoms with van der Waals surface area (Å²) in [7, 11) is 0. The Bertz CT molecular complexity index is 223. The first-order valence-electron chi connectivity index (χ1n) is 6.85. The van der Waals surface area contributed by atoms with Crippen LogP contribution in [0.2, 0.25) is 0 Å². The van der Waals surface area contributed by atoms with E-state index in [1.54, 1.807) is 11.8 Å². The van der Waals surface area contributed by atoms with Crippen molar-refractivity contribution in [2.45, 2.75) is 51.5 Å². The van der Waals surface area contributed by atoms with Crippen LogP contribution in [0.1, 0.15) is 45.4 Å². The molecule has 0 radical (unpaired) electrons. The van der Waals surface area contributed by atoms with E-state index in [-0.39, 0.29) is 24.4 Å². The molecule has 0 bridgehead atoms. The fraction of sp³-hybridized carbons (Fsp3) is 0.923. The fourth-order valence-electron chi connectivity index (χ4n) is 2.46. The second kappa shape index (κ2) is 10.9. The van der Waals surface area contributed by atoms with Crippen molar-refractivity contribution in [3.63, 3.8) is 0 Å². The maximum atomic E-state index is 11.7. The number of hydrogen-bond acceptors (Lipinski definition) is 3. The van der Waals surface area contributed by atoms with Gasteiger partial charge in [0.25, 0.3) is 0 Å². The molecule has 108 valence electrons. The second-order valence-electron chi connectivity index (χ2n) is 4.86. The van der Waals surface area contributed by atoms with E-state index in [4.69, 9.17) is 5.73 Å². The van der Waals surface area contributed by atoms with Gasteiger partial charge in [0, 0.05) is 12.6 Å². The summed E-state index contributed by atoms with van der Waals surface area (Å²) in [5.41, 5.74) is 5.79. The Balaban J connectivity index is 0.00000289. The molecule has 0 aromatic rings. The number of halogens is 1. The predicted octanol–water partition coefficient (Wildman–Crippen LogP) is 2.58. The van der Waals surface area contributed by atoms with Crippen LogP contribution >= 0.6 is 24.2 Å². The number of thioether (sulfide) groups is 1. The van der Waals surface area contributed by atoms with Gasteiger partial charge in [0.05, 0.1) is 5.75 Å². The van der Waals surface area contributed by atoms with Gasteiger partial charge in [-0.25, -0.2) is 0 Å². The van der Waals surface area contributed by atoms with Crippen molar-refractivity contribution in [2.75, 3.05) is 18.1 Å². The number of carbonyl (C=O) groups excluding carboxylic acids is 1. The van der Waals surface area contributed by atoms with Crippen LogP contribution in [0, 0.1) is 5.92 Å². The maximum absolute atomic E-state index is 11.7. The third-order valence-corrected chi connectivity index (χ3v) is 4.56. The quantitative estimate of drug-likeness (QED) is 0.710. The highest BCUT2D eigenvalue weighted by molar-refractivity contribution is 7.99. The Morgan fingerprint density at radius 1 is 1.39 bits per heavy atom. The Labute approximate surface area is 121 Å². The lowest BCUT2D eigenvalue weighted by molar-refractivity contribution is -0.119. The van der Waals surface area contributed by atoms with Crippen molar-refractivity contribution < 1.29 is 4.79 Å². The van der Waals surface area contributed by atoms with Crippen molar-refractivity contribution in [3.05, 3.63) is 0 Å². The van der Waals surface area contributed by atoms with E-state index in [0.29, 0.717) is 18.2 Å². The molecule has 0 spiro atoms. The van der Waals surface area contributed by atoms with Gasteiger partial charge in [-0.3, -0.25) is 4.79 Å². The minimum atomic E-state index is 0. The van der Waals surface area contributed by atoms with Gasteiger partial charge in [-0.1, -0.05) is 26.2 Å². The summed E-state index contributed by atoms with van der Waals surface area (Å²) in [6, 6.07) is 0.199. The zero-order chi connectivity index (χ0) is 12.5. The summed E-state index contributed by atoms with van der Waals surface area (Å²) in [5, 5.41) is 3.11. The molecular weight excluding hydrogens is 268 g/mol. The van der Waals surface area contributed by atoms with E-state index >= 15 is 0 Å². The van der Waals surface area contributed by atoms with Crippen molar-refractivity contribution in [3.8, 4) is 0 Å². The van der Waals surface area contributed by atoms with Gasteiger partial charge in [0.2, 0.25) is 5.91 Å². The lowest BCUT2D eigenvalue weighted by atomic mass is 9.84. The summed E-state index contributed by atoms with van der Waals surface area (Å²) in [4.78, 5) is 11.7. The highest BCUT2D eigenvalue weighted by Gasteiger charge is 2.23. The highest BCUT2D eigenvalue weighted by Crippen LogP contribution is 2.26. The Hall–Kier alpha value is 0.0700. The minimum absolute atomic E-state index is 0.